The van der Waals surface area contributed by atoms with Crippen LogP contribution in [0.25, 0.3) is 11.3 Å². The van der Waals surface area contributed by atoms with E-state index in [1.54, 1.807) is 32.0 Å². The van der Waals surface area contributed by atoms with E-state index < -0.39 is 18.0 Å². The van der Waals surface area contributed by atoms with Gasteiger partial charge in [0, 0.05) is 11.1 Å². The lowest BCUT2D eigenvalue weighted by Gasteiger charge is -2.15. The molecule has 1 amide bonds. The van der Waals surface area contributed by atoms with Crippen molar-refractivity contribution in [3.05, 3.63) is 107 Å². The summed E-state index contributed by atoms with van der Waals surface area (Å²) in [5.74, 6) is -0.335. The van der Waals surface area contributed by atoms with Crippen LogP contribution in [-0.2, 0) is 27.1 Å². The van der Waals surface area contributed by atoms with Crippen molar-refractivity contribution in [3.8, 4) is 11.3 Å². The molecule has 7 nitrogen and oxygen atoms in total. The highest BCUT2D eigenvalue weighted by atomic mass is 19.1. The number of esters is 1. The topological polar surface area (TPSA) is 90.7 Å². The summed E-state index contributed by atoms with van der Waals surface area (Å²) in [4.78, 5) is 24.1. The lowest BCUT2D eigenvalue weighted by Crippen LogP contribution is -2.17. The number of methoxy groups -OCH3 is 1. The molecule has 0 aliphatic carbocycles. The second kappa shape index (κ2) is 11.5. The first-order valence-electron chi connectivity index (χ1n) is 11.8. The number of nitrogens with one attached hydrogen (secondary N) is 1. The van der Waals surface area contributed by atoms with Crippen molar-refractivity contribution in [2.45, 2.75) is 32.8 Å². The molecule has 0 aliphatic heterocycles. The zero-order valence-corrected chi connectivity index (χ0v) is 20.8. The number of aromatic nitrogens is 1. The molecule has 37 heavy (non-hydrogen) atoms. The van der Waals surface area contributed by atoms with Gasteiger partial charge in [-0.3, -0.25) is 10.1 Å². The van der Waals surface area contributed by atoms with Crippen molar-refractivity contribution in [1.29, 1.82) is 0 Å². The van der Waals surface area contributed by atoms with Gasteiger partial charge in [0.1, 0.15) is 23.3 Å². The van der Waals surface area contributed by atoms with Gasteiger partial charge >= 0.3 is 12.1 Å². The fraction of sp³-hybridized carbons (Fsp3) is 0.207. The first-order valence-corrected chi connectivity index (χ1v) is 11.8. The second-order valence-corrected chi connectivity index (χ2v) is 8.61. The summed E-state index contributed by atoms with van der Waals surface area (Å²) in [6.07, 6.45) is -0.622. The predicted octanol–water partition coefficient (Wildman–Crippen LogP) is 6.41. The molecule has 0 spiro atoms. The number of amides is 1. The van der Waals surface area contributed by atoms with Gasteiger partial charge in [0.25, 0.3) is 0 Å². The number of carbonyl (C=O) groups excluding carboxylic acids is 2. The van der Waals surface area contributed by atoms with Crippen LogP contribution in [0.5, 0.6) is 0 Å². The van der Waals surface area contributed by atoms with Gasteiger partial charge in [-0.05, 0) is 43.0 Å². The Hall–Kier alpha value is -4.46. The summed E-state index contributed by atoms with van der Waals surface area (Å²) < 4.78 is 29.6. The first-order chi connectivity index (χ1) is 17.8. The van der Waals surface area contributed by atoms with Gasteiger partial charge in [0.05, 0.1) is 13.5 Å². The lowest BCUT2D eigenvalue weighted by atomic mass is 10.00. The maximum atomic E-state index is 14.0. The fourth-order valence-corrected chi connectivity index (χ4v) is 3.97. The number of anilines is 1. The van der Waals surface area contributed by atoms with Crippen molar-refractivity contribution >= 4 is 17.7 Å². The number of halogens is 1. The Morgan fingerprint density at radius 1 is 1.00 bits per heavy atom. The normalized spacial score (nSPS) is 11.6. The highest BCUT2D eigenvalue weighted by molar-refractivity contribution is 5.90. The number of aryl methyl sites for hydroxylation is 1. The molecule has 4 aromatic rings. The minimum atomic E-state index is -0.782. The van der Waals surface area contributed by atoms with Crippen LogP contribution in [0, 0.1) is 12.7 Å². The lowest BCUT2D eigenvalue weighted by molar-refractivity contribution is -0.139. The number of rotatable bonds is 8. The molecular formula is C29H27FN2O5. The molecule has 0 aliphatic rings. The average molecular weight is 503 g/mol. The summed E-state index contributed by atoms with van der Waals surface area (Å²) >= 11 is 0. The van der Waals surface area contributed by atoms with Crippen molar-refractivity contribution in [2.75, 3.05) is 12.4 Å². The number of carbonyl (C=O) groups is 2. The van der Waals surface area contributed by atoms with E-state index in [9.17, 15) is 14.0 Å². The summed E-state index contributed by atoms with van der Waals surface area (Å²) in [7, 11) is 1.38. The quantitative estimate of drug-likeness (QED) is 0.280. The van der Waals surface area contributed by atoms with E-state index in [0.717, 1.165) is 22.3 Å². The van der Waals surface area contributed by atoms with Crippen LogP contribution in [-0.4, -0.2) is 24.3 Å². The molecule has 4 rings (SSSR count). The van der Waals surface area contributed by atoms with Crippen LogP contribution in [0.1, 0.15) is 41.0 Å². The highest BCUT2D eigenvalue weighted by Gasteiger charge is 2.21. The maximum absolute atomic E-state index is 14.0. The fourth-order valence-electron chi connectivity index (χ4n) is 3.97. The molecule has 0 radical (unpaired) electrons. The van der Waals surface area contributed by atoms with Crippen molar-refractivity contribution in [3.63, 3.8) is 0 Å². The molecule has 1 N–H and O–H groups in total. The van der Waals surface area contributed by atoms with E-state index in [1.165, 1.54) is 13.2 Å². The minimum absolute atomic E-state index is 0.228. The Morgan fingerprint density at radius 2 is 1.73 bits per heavy atom. The van der Waals surface area contributed by atoms with E-state index >= 15 is 0 Å². The zero-order chi connectivity index (χ0) is 26.4. The van der Waals surface area contributed by atoms with Crippen LogP contribution >= 0.6 is 0 Å². The smallest absolute Gasteiger partial charge is 0.412 e. The van der Waals surface area contributed by atoms with E-state index in [0.29, 0.717) is 23.6 Å². The zero-order valence-electron chi connectivity index (χ0n) is 20.8. The molecule has 1 atom stereocenters. The molecule has 190 valence electrons. The molecule has 8 heteroatoms. The van der Waals surface area contributed by atoms with E-state index in [1.807, 2.05) is 48.5 Å². The van der Waals surface area contributed by atoms with E-state index in [-0.39, 0.29) is 18.0 Å². The third-order valence-corrected chi connectivity index (χ3v) is 5.91. The van der Waals surface area contributed by atoms with Gasteiger partial charge in [-0.1, -0.05) is 71.9 Å². The van der Waals surface area contributed by atoms with E-state index in [4.69, 9.17) is 14.0 Å². The van der Waals surface area contributed by atoms with Gasteiger partial charge in [0.15, 0.2) is 5.76 Å². The number of ether oxygens (including phenoxy) is 2. The molecule has 3 aromatic carbocycles. The van der Waals surface area contributed by atoms with Gasteiger partial charge in [0.2, 0.25) is 0 Å². The van der Waals surface area contributed by atoms with Crippen LogP contribution in [0.3, 0.4) is 0 Å². The van der Waals surface area contributed by atoms with Crippen LogP contribution in [0.4, 0.5) is 14.9 Å². The second-order valence-electron chi connectivity index (χ2n) is 8.61. The number of benzene rings is 3. The first kappa shape index (κ1) is 25.6. The third-order valence-electron chi connectivity index (χ3n) is 5.91. The Bertz CT molecular complexity index is 1400. The molecule has 0 fully saturated rings. The number of hydrogen-bond acceptors (Lipinski definition) is 6. The van der Waals surface area contributed by atoms with Crippen LogP contribution < -0.4 is 5.32 Å². The Kier molecular flexibility index (Phi) is 7.98. The number of nitrogens with zero attached hydrogens (tertiary/aromatic N) is 1. The summed E-state index contributed by atoms with van der Waals surface area (Å²) in [5.41, 5.74) is 4.89. The Morgan fingerprint density at radius 3 is 2.46 bits per heavy atom. The van der Waals surface area contributed by atoms with Crippen molar-refractivity contribution < 1.29 is 28.0 Å². The van der Waals surface area contributed by atoms with Crippen molar-refractivity contribution in [1.82, 2.24) is 5.16 Å². The Balaban J connectivity index is 1.44. The molecule has 1 aromatic heterocycles. The van der Waals surface area contributed by atoms with Gasteiger partial charge in [-0.25, -0.2) is 9.18 Å². The molecule has 1 heterocycles. The van der Waals surface area contributed by atoms with Gasteiger partial charge < -0.3 is 14.0 Å². The molecular weight excluding hydrogens is 475 g/mol. The van der Waals surface area contributed by atoms with Crippen LogP contribution in [0.15, 0.2) is 77.3 Å². The van der Waals surface area contributed by atoms with Gasteiger partial charge in [-0.15, -0.1) is 0 Å². The highest BCUT2D eigenvalue weighted by Crippen LogP contribution is 2.32. The van der Waals surface area contributed by atoms with Crippen molar-refractivity contribution in [2.24, 2.45) is 0 Å². The largest absolute Gasteiger partial charge is 0.469 e. The monoisotopic (exact) mass is 502 g/mol. The summed E-state index contributed by atoms with van der Waals surface area (Å²) in [6.45, 7) is 3.31. The van der Waals surface area contributed by atoms with E-state index in [2.05, 4.69) is 10.5 Å². The average Bonchev–Trinajstić information content (AvgIpc) is 3.24. The standard InChI is InChI=1S/C29H27FN2O5/c1-18-27(31-29(34)36-19(2)24-9-4-5-10-25(24)30)28(37-32-18)23-13-11-20(12-14-23)15-21-7-6-8-22(16-21)17-26(33)35-3/h4-14,16,19H,15,17H2,1-3H3,(H,31,34)/t19-/m1/s1. The maximum Gasteiger partial charge on any atom is 0.412 e. The molecule has 0 bridgehead atoms. The Labute approximate surface area is 214 Å². The van der Waals surface area contributed by atoms with Crippen LogP contribution in [0.2, 0.25) is 0 Å². The predicted molar refractivity (Wildman–Crippen MR) is 137 cm³/mol. The molecule has 0 saturated heterocycles. The molecule has 0 unspecified atom stereocenters. The summed E-state index contributed by atoms with van der Waals surface area (Å²) in [5, 5.41) is 6.67. The SMILES string of the molecule is COC(=O)Cc1cccc(Cc2ccc(-c3onc(C)c3NC(=O)O[C@H](C)c3ccccc3F)cc2)c1. The third kappa shape index (κ3) is 6.41. The molecule has 0 saturated carbocycles. The minimum Gasteiger partial charge on any atom is -0.469 e. The number of hydrogen-bond donors (Lipinski definition) is 1. The summed E-state index contributed by atoms with van der Waals surface area (Å²) in [6, 6.07) is 21.6. The van der Waals surface area contributed by atoms with Gasteiger partial charge in [-0.2, -0.15) is 0 Å².